The van der Waals surface area contributed by atoms with Crippen LogP contribution in [0.25, 0.3) is 0 Å². The summed E-state index contributed by atoms with van der Waals surface area (Å²) in [4.78, 5) is 23.4. The molecule has 1 aliphatic rings. The molecule has 0 radical (unpaired) electrons. The summed E-state index contributed by atoms with van der Waals surface area (Å²) in [6.45, 7) is 2.28. The summed E-state index contributed by atoms with van der Waals surface area (Å²) in [5, 5.41) is 3.29. The highest BCUT2D eigenvalue weighted by atomic mass is 35.5. The monoisotopic (exact) mass is 346 g/mol. The number of ether oxygens (including phenoxy) is 1. The molecular formula is C17H19ClN4O2. The minimum atomic E-state index is -0.274. The molecule has 1 fully saturated rings. The van der Waals surface area contributed by atoms with Crippen molar-refractivity contribution in [1.82, 2.24) is 15.3 Å². The van der Waals surface area contributed by atoms with Crippen molar-refractivity contribution in [2.45, 2.75) is 19.4 Å². The van der Waals surface area contributed by atoms with E-state index in [2.05, 4.69) is 20.2 Å². The fourth-order valence-corrected chi connectivity index (χ4v) is 2.88. The molecule has 24 heavy (non-hydrogen) atoms. The molecule has 1 aromatic carbocycles. The van der Waals surface area contributed by atoms with E-state index in [1.807, 2.05) is 6.07 Å². The van der Waals surface area contributed by atoms with Gasteiger partial charge in [-0.25, -0.2) is 9.97 Å². The van der Waals surface area contributed by atoms with Crippen LogP contribution in [0, 0.1) is 0 Å². The molecule has 1 aromatic heterocycles. The number of anilines is 1. The van der Waals surface area contributed by atoms with Crippen molar-refractivity contribution in [2.75, 3.05) is 25.1 Å². The number of halogens is 1. The first-order chi connectivity index (χ1) is 11.7. The number of aromatic nitrogens is 2. The number of hydrogen-bond acceptors (Lipinski definition) is 5. The minimum Gasteiger partial charge on any atom is -0.496 e. The summed E-state index contributed by atoms with van der Waals surface area (Å²) < 4.78 is 5.20. The summed E-state index contributed by atoms with van der Waals surface area (Å²) in [7, 11) is 1.52. The van der Waals surface area contributed by atoms with Gasteiger partial charge in [0.05, 0.1) is 19.2 Å². The van der Waals surface area contributed by atoms with Crippen LogP contribution in [-0.4, -0.2) is 36.1 Å². The molecule has 6 nitrogen and oxygen atoms in total. The molecule has 7 heteroatoms. The third-order valence-electron chi connectivity index (χ3n) is 3.93. The predicted molar refractivity (Wildman–Crippen MR) is 92.7 cm³/mol. The van der Waals surface area contributed by atoms with Gasteiger partial charge >= 0.3 is 0 Å². The molecule has 1 amide bonds. The number of methoxy groups -OCH3 is 1. The molecule has 0 atom stereocenters. The third kappa shape index (κ3) is 3.76. The second kappa shape index (κ2) is 7.49. The summed E-state index contributed by atoms with van der Waals surface area (Å²) in [5.74, 6) is 1.69. The Morgan fingerprint density at radius 1 is 1.33 bits per heavy atom. The molecule has 126 valence electrons. The fraction of sp³-hybridized carbons (Fsp3) is 0.353. The van der Waals surface area contributed by atoms with Crippen LogP contribution in [0.1, 0.15) is 29.0 Å². The van der Waals surface area contributed by atoms with E-state index in [0.717, 1.165) is 18.9 Å². The Morgan fingerprint density at radius 2 is 2.12 bits per heavy atom. The molecule has 0 spiro atoms. The maximum atomic E-state index is 12.4. The zero-order valence-corrected chi connectivity index (χ0v) is 14.2. The van der Waals surface area contributed by atoms with E-state index in [1.165, 1.54) is 20.0 Å². The smallest absolute Gasteiger partial charge is 0.255 e. The highest BCUT2D eigenvalue weighted by Gasteiger charge is 2.15. The normalized spacial score (nSPS) is 13.8. The summed E-state index contributed by atoms with van der Waals surface area (Å²) in [5.41, 5.74) is 0.390. The SMILES string of the molecule is COc1ccc(Cl)cc1C(=O)NCc1nccc(N2CCCC2)n1. The molecule has 1 N–H and O–H groups in total. The van der Waals surface area contributed by atoms with Crippen LogP contribution in [0.4, 0.5) is 5.82 Å². The topological polar surface area (TPSA) is 67.3 Å². The largest absolute Gasteiger partial charge is 0.496 e. The molecule has 0 saturated carbocycles. The maximum Gasteiger partial charge on any atom is 0.255 e. The fourth-order valence-electron chi connectivity index (χ4n) is 2.71. The van der Waals surface area contributed by atoms with Gasteiger partial charge in [0.25, 0.3) is 5.91 Å². The molecule has 1 saturated heterocycles. The Bertz CT molecular complexity index is 732. The number of carbonyl (C=O) groups is 1. The second-order valence-electron chi connectivity index (χ2n) is 5.55. The molecule has 0 unspecified atom stereocenters. The first-order valence-corrected chi connectivity index (χ1v) is 8.24. The van der Waals surface area contributed by atoms with Crippen LogP contribution >= 0.6 is 11.6 Å². The number of amides is 1. The first kappa shape index (κ1) is 16.5. The van der Waals surface area contributed by atoms with Crippen LogP contribution in [0.5, 0.6) is 5.75 Å². The van der Waals surface area contributed by atoms with E-state index >= 15 is 0 Å². The lowest BCUT2D eigenvalue weighted by molar-refractivity contribution is 0.0947. The number of hydrogen-bond donors (Lipinski definition) is 1. The zero-order valence-electron chi connectivity index (χ0n) is 13.5. The average Bonchev–Trinajstić information content (AvgIpc) is 3.14. The van der Waals surface area contributed by atoms with E-state index in [9.17, 15) is 4.79 Å². The Morgan fingerprint density at radius 3 is 2.88 bits per heavy atom. The molecule has 1 aliphatic heterocycles. The molecule has 2 heterocycles. The third-order valence-corrected chi connectivity index (χ3v) is 4.17. The minimum absolute atomic E-state index is 0.246. The highest BCUT2D eigenvalue weighted by molar-refractivity contribution is 6.31. The maximum absolute atomic E-state index is 12.4. The Balaban J connectivity index is 1.68. The molecule has 0 bridgehead atoms. The summed E-state index contributed by atoms with van der Waals surface area (Å²) in [6, 6.07) is 6.83. The van der Waals surface area contributed by atoms with E-state index < -0.39 is 0 Å². The van der Waals surface area contributed by atoms with Crippen molar-refractivity contribution < 1.29 is 9.53 Å². The van der Waals surface area contributed by atoms with Gasteiger partial charge in [0.15, 0.2) is 0 Å². The number of nitrogens with zero attached hydrogens (tertiary/aromatic N) is 3. The van der Waals surface area contributed by atoms with Gasteiger partial charge in [-0.1, -0.05) is 11.6 Å². The van der Waals surface area contributed by atoms with Gasteiger partial charge in [-0.2, -0.15) is 0 Å². The van der Waals surface area contributed by atoms with Crippen molar-refractivity contribution in [3.8, 4) is 5.75 Å². The van der Waals surface area contributed by atoms with Crippen LogP contribution < -0.4 is 15.0 Å². The van der Waals surface area contributed by atoms with Crippen molar-refractivity contribution in [2.24, 2.45) is 0 Å². The number of rotatable bonds is 5. The number of carbonyl (C=O) groups excluding carboxylic acids is 1. The van der Waals surface area contributed by atoms with E-state index in [4.69, 9.17) is 16.3 Å². The first-order valence-electron chi connectivity index (χ1n) is 7.86. The lowest BCUT2D eigenvalue weighted by Gasteiger charge is -2.16. The Kier molecular flexibility index (Phi) is 5.15. The molecule has 3 rings (SSSR count). The average molecular weight is 347 g/mol. The zero-order chi connectivity index (χ0) is 16.9. The van der Waals surface area contributed by atoms with Crippen LogP contribution in [-0.2, 0) is 6.54 Å². The number of benzene rings is 1. The predicted octanol–water partition coefficient (Wildman–Crippen LogP) is 2.67. The standard InChI is InChI=1S/C17H19ClN4O2/c1-24-14-5-4-12(18)10-13(14)17(23)20-11-15-19-7-6-16(21-15)22-8-2-3-9-22/h4-7,10H,2-3,8-9,11H2,1H3,(H,20,23). The second-order valence-corrected chi connectivity index (χ2v) is 5.99. The quantitative estimate of drug-likeness (QED) is 0.901. The highest BCUT2D eigenvalue weighted by Crippen LogP contribution is 2.22. The van der Waals surface area contributed by atoms with E-state index in [0.29, 0.717) is 22.2 Å². The van der Waals surface area contributed by atoms with Gasteiger partial charge in [-0.3, -0.25) is 4.79 Å². The summed E-state index contributed by atoms with van der Waals surface area (Å²) >= 11 is 5.96. The van der Waals surface area contributed by atoms with Gasteiger partial charge in [0.1, 0.15) is 17.4 Å². The number of nitrogens with one attached hydrogen (secondary N) is 1. The Labute approximate surface area is 145 Å². The van der Waals surface area contributed by atoms with Gasteiger partial charge < -0.3 is 15.0 Å². The lowest BCUT2D eigenvalue weighted by atomic mass is 10.2. The van der Waals surface area contributed by atoms with Crippen LogP contribution in [0.15, 0.2) is 30.5 Å². The van der Waals surface area contributed by atoms with Gasteiger partial charge in [-0.05, 0) is 37.1 Å². The van der Waals surface area contributed by atoms with E-state index in [1.54, 1.807) is 24.4 Å². The summed E-state index contributed by atoms with van der Waals surface area (Å²) in [6.07, 6.45) is 4.09. The lowest BCUT2D eigenvalue weighted by Crippen LogP contribution is -2.25. The van der Waals surface area contributed by atoms with Crippen molar-refractivity contribution in [1.29, 1.82) is 0 Å². The molecule has 2 aromatic rings. The van der Waals surface area contributed by atoms with Crippen molar-refractivity contribution >= 4 is 23.3 Å². The molecular weight excluding hydrogens is 328 g/mol. The van der Waals surface area contributed by atoms with Gasteiger partial charge in [0.2, 0.25) is 0 Å². The van der Waals surface area contributed by atoms with Gasteiger partial charge in [-0.15, -0.1) is 0 Å². The van der Waals surface area contributed by atoms with Crippen molar-refractivity contribution in [3.63, 3.8) is 0 Å². The van der Waals surface area contributed by atoms with Crippen molar-refractivity contribution in [3.05, 3.63) is 46.9 Å². The van der Waals surface area contributed by atoms with Crippen LogP contribution in [0.3, 0.4) is 0 Å². The molecule has 0 aliphatic carbocycles. The van der Waals surface area contributed by atoms with Gasteiger partial charge in [0, 0.05) is 24.3 Å². The Hall–Kier alpha value is -2.34. The van der Waals surface area contributed by atoms with Crippen LogP contribution in [0.2, 0.25) is 5.02 Å². The van der Waals surface area contributed by atoms with E-state index in [-0.39, 0.29) is 12.5 Å².